The van der Waals surface area contributed by atoms with E-state index in [1.54, 1.807) is 0 Å². The highest BCUT2D eigenvalue weighted by Crippen LogP contribution is 2.14. The van der Waals surface area contributed by atoms with Gasteiger partial charge in [-0.25, -0.2) is 0 Å². The topological polar surface area (TPSA) is 18.5 Å². The number of rotatable bonds is 7. The molecule has 2 atom stereocenters. The molecule has 0 amide bonds. The lowest BCUT2D eigenvalue weighted by molar-refractivity contribution is 0.0607. The zero-order chi connectivity index (χ0) is 12.7. The molecule has 1 heterocycles. The molecule has 3 nitrogen and oxygen atoms in total. The fraction of sp³-hybridized carbons (Fsp3) is 1.00. The standard InChI is InChI=1S/C14H31N3/c1-5-15-9-7-8-13(3)17-11-10-16(6-2)14(4)12-17/h13-15H,5-12H2,1-4H3. The molecule has 2 unspecified atom stereocenters. The number of piperazine rings is 1. The lowest BCUT2D eigenvalue weighted by atomic mass is 10.1. The smallest absolute Gasteiger partial charge is 0.0195 e. The molecule has 0 saturated carbocycles. The average Bonchev–Trinajstić information content (AvgIpc) is 2.34. The van der Waals surface area contributed by atoms with Gasteiger partial charge < -0.3 is 5.32 Å². The van der Waals surface area contributed by atoms with Gasteiger partial charge in [-0.15, -0.1) is 0 Å². The summed E-state index contributed by atoms with van der Waals surface area (Å²) in [4.78, 5) is 5.25. The number of nitrogens with zero attached hydrogens (tertiary/aromatic N) is 2. The highest BCUT2D eigenvalue weighted by atomic mass is 15.3. The Morgan fingerprint density at radius 1 is 1.29 bits per heavy atom. The van der Waals surface area contributed by atoms with Gasteiger partial charge in [0, 0.05) is 31.7 Å². The van der Waals surface area contributed by atoms with Crippen molar-refractivity contribution < 1.29 is 0 Å². The van der Waals surface area contributed by atoms with Crippen molar-refractivity contribution in [2.24, 2.45) is 0 Å². The van der Waals surface area contributed by atoms with Crippen LogP contribution in [0.4, 0.5) is 0 Å². The third kappa shape index (κ3) is 4.94. The van der Waals surface area contributed by atoms with Gasteiger partial charge in [0.15, 0.2) is 0 Å². The minimum Gasteiger partial charge on any atom is -0.317 e. The van der Waals surface area contributed by atoms with Gasteiger partial charge in [-0.1, -0.05) is 13.8 Å². The van der Waals surface area contributed by atoms with E-state index in [9.17, 15) is 0 Å². The molecule has 0 radical (unpaired) electrons. The van der Waals surface area contributed by atoms with Crippen LogP contribution in [0.25, 0.3) is 0 Å². The quantitative estimate of drug-likeness (QED) is 0.686. The van der Waals surface area contributed by atoms with Crippen molar-refractivity contribution in [1.29, 1.82) is 0 Å². The van der Waals surface area contributed by atoms with Gasteiger partial charge in [0.25, 0.3) is 0 Å². The molecule has 0 aliphatic carbocycles. The molecule has 1 fully saturated rings. The van der Waals surface area contributed by atoms with E-state index in [0.29, 0.717) is 0 Å². The highest BCUT2D eigenvalue weighted by molar-refractivity contribution is 4.81. The van der Waals surface area contributed by atoms with Crippen molar-refractivity contribution >= 4 is 0 Å². The first-order valence-corrected chi connectivity index (χ1v) is 7.37. The Labute approximate surface area is 108 Å². The van der Waals surface area contributed by atoms with E-state index in [1.807, 2.05) is 0 Å². The number of likely N-dealkylation sites (N-methyl/N-ethyl adjacent to an activating group) is 1. The molecule has 3 heteroatoms. The Morgan fingerprint density at radius 2 is 2.06 bits per heavy atom. The van der Waals surface area contributed by atoms with E-state index in [1.165, 1.54) is 45.6 Å². The zero-order valence-corrected chi connectivity index (χ0v) is 12.2. The molecule has 1 aliphatic heterocycles. The number of hydrogen-bond donors (Lipinski definition) is 1. The van der Waals surface area contributed by atoms with Crippen LogP contribution in [0.15, 0.2) is 0 Å². The summed E-state index contributed by atoms with van der Waals surface area (Å²) in [7, 11) is 0. The summed E-state index contributed by atoms with van der Waals surface area (Å²) in [6, 6.07) is 1.47. The minimum absolute atomic E-state index is 0.727. The first kappa shape index (κ1) is 14.9. The van der Waals surface area contributed by atoms with Crippen molar-refractivity contribution in [3.8, 4) is 0 Å². The van der Waals surface area contributed by atoms with E-state index in [2.05, 4.69) is 42.8 Å². The molecule has 0 aromatic carbocycles. The van der Waals surface area contributed by atoms with Crippen molar-refractivity contribution in [3.05, 3.63) is 0 Å². The normalized spacial score (nSPS) is 25.1. The predicted octanol–water partition coefficient (Wildman–Crippen LogP) is 1.79. The fourth-order valence-corrected chi connectivity index (χ4v) is 2.78. The molecule has 102 valence electrons. The lowest BCUT2D eigenvalue weighted by Gasteiger charge is -2.42. The SMILES string of the molecule is CCNCCCC(C)N1CCN(CC)C(C)C1. The van der Waals surface area contributed by atoms with Crippen molar-refractivity contribution in [3.63, 3.8) is 0 Å². The first-order valence-electron chi connectivity index (χ1n) is 7.37. The van der Waals surface area contributed by atoms with E-state index in [0.717, 1.165) is 18.6 Å². The second-order valence-corrected chi connectivity index (χ2v) is 5.32. The molecular formula is C14H31N3. The Bertz CT molecular complexity index is 196. The second kappa shape index (κ2) is 8.06. The van der Waals surface area contributed by atoms with Crippen LogP contribution >= 0.6 is 0 Å². The van der Waals surface area contributed by atoms with Gasteiger partial charge >= 0.3 is 0 Å². The van der Waals surface area contributed by atoms with Crippen LogP contribution in [0.5, 0.6) is 0 Å². The van der Waals surface area contributed by atoms with Crippen LogP contribution in [-0.4, -0.2) is 61.2 Å². The third-order valence-corrected chi connectivity index (χ3v) is 4.05. The van der Waals surface area contributed by atoms with Crippen LogP contribution in [0.3, 0.4) is 0 Å². The van der Waals surface area contributed by atoms with Gasteiger partial charge in [0.1, 0.15) is 0 Å². The Balaban J connectivity index is 2.21. The number of hydrogen-bond acceptors (Lipinski definition) is 3. The van der Waals surface area contributed by atoms with Crippen LogP contribution in [0.1, 0.15) is 40.5 Å². The molecule has 1 aliphatic rings. The van der Waals surface area contributed by atoms with Crippen molar-refractivity contribution in [2.45, 2.75) is 52.6 Å². The first-order chi connectivity index (χ1) is 8.19. The summed E-state index contributed by atoms with van der Waals surface area (Å²) in [5.41, 5.74) is 0. The Morgan fingerprint density at radius 3 is 2.65 bits per heavy atom. The van der Waals surface area contributed by atoms with Gasteiger partial charge in [-0.2, -0.15) is 0 Å². The van der Waals surface area contributed by atoms with Gasteiger partial charge in [0.2, 0.25) is 0 Å². The Kier molecular flexibility index (Phi) is 7.09. The van der Waals surface area contributed by atoms with Crippen LogP contribution in [-0.2, 0) is 0 Å². The molecule has 0 bridgehead atoms. The molecule has 0 aromatic rings. The molecule has 0 spiro atoms. The van der Waals surface area contributed by atoms with Crippen molar-refractivity contribution in [1.82, 2.24) is 15.1 Å². The molecular weight excluding hydrogens is 210 g/mol. The fourth-order valence-electron chi connectivity index (χ4n) is 2.78. The van der Waals surface area contributed by atoms with Crippen LogP contribution in [0.2, 0.25) is 0 Å². The maximum Gasteiger partial charge on any atom is 0.0195 e. The summed E-state index contributed by atoms with van der Waals surface area (Å²) in [5, 5.41) is 3.40. The largest absolute Gasteiger partial charge is 0.317 e. The van der Waals surface area contributed by atoms with Crippen LogP contribution in [0, 0.1) is 0 Å². The van der Waals surface area contributed by atoms with E-state index < -0.39 is 0 Å². The second-order valence-electron chi connectivity index (χ2n) is 5.32. The molecule has 1 saturated heterocycles. The van der Waals surface area contributed by atoms with E-state index in [-0.39, 0.29) is 0 Å². The summed E-state index contributed by atoms with van der Waals surface area (Å²) in [6.07, 6.45) is 2.63. The monoisotopic (exact) mass is 241 g/mol. The zero-order valence-electron chi connectivity index (χ0n) is 12.2. The maximum atomic E-state index is 3.40. The summed E-state index contributed by atoms with van der Waals surface area (Å²) in [5.74, 6) is 0. The molecule has 0 aromatic heterocycles. The Hall–Kier alpha value is -0.120. The van der Waals surface area contributed by atoms with Gasteiger partial charge in [0.05, 0.1) is 0 Å². The predicted molar refractivity (Wildman–Crippen MR) is 75.5 cm³/mol. The minimum atomic E-state index is 0.727. The third-order valence-electron chi connectivity index (χ3n) is 4.05. The molecule has 17 heavy (non-hydrogen) atoms. The molecule has 1 rings (SSSR count). The summed E-state index contributed by atoms with van der Waals surface area (Å²) < 4.78 is 0. The van der Waals surface area contributed by atoms with Gasteiger partial charge in [-0.05, 0) is 46.3 Å². The summed E-state index contributed by atoms with van der Waals surface area (Å²) in [6.45, 7) is 16.4. The van der Waals surface area contributed by atoms with Crippen LogP contribution < -0.4 is 5.32 Å². The van der Waals surface area contributed by atoms with Gasteiger partial charge in [-0.3, -0.25) is 9.80 Å². The lowest BCUT2D eigenvalue weighted by Crippen LogP contribution is -2.54. The van der Waals surface area contributed by atoms with E-state index in [4.69, 9.17) is 0 Å². The average molecular weight is 241 g/mol. The maximum absolute atomic E-state index is 3.40. The van der Waals surface area contributed by atoms with E-state index >= 15 is 0 Å². The highest BCUT2D eigenvalue weighted by Gasteiger charge is 2.24. The number of nitrogens with one attached hydrogen (secondary N) is 1. The molecule has 1 N–H and O–H groups in total. The summed E-state index contributed by atoms with van der Waals surface area (Å²) >= 11 is 0. The van der Waals surface area contributed by atoms with Crippen molar-refractivity contribution in [2.75, 3.05) is 39.3 Å².